The maximum atomic E-state index is 12.0. The minimum Gasteiger partial charge on any atom is -0.479 e. The number of carbonyl (C=O) groups excluding carboxylic acids is 2. The predicted octanol–water partition coefficient (Wildman–Crippen LogP) is 0.393. The number of carboxylic acid groups (broad SMARTS) is 1. The Morgan fingerprint density at radius 3 is 2.57 bits per heavy atom. The molecule has 23 heavy (non-hydrogen) atoms. The van der Waals surface area contributed by atoms with Crippen LogP contribution in [0.5, 0.6) is 0 Å². The Morgan fingerprint density at radius 2 is 2.00 bits per heavy atom. The van der Waals surface area contributed by atoms with Gasteiger partial charge < -0.3 is 20.5 Å². The van der Waals surface area contributed by atoms with E-state index in [0.29, 0.717) is 5.56 Å². The first-order valence-electron chi connectivity index (χ1n) is 7.32. The van der Waals surface area contributed by atoms with Crippen molar-refractivity contribution in [1.82, 2.24) is 10.6 Å². The van der Waals surface area contributed by atoms with E-state index in [4.69, 9.17) is 4.74 Å². The van der Waals surface area contributed by atoms with Crippen LogP contribution in [0.4, 0.5) is 0 Å². The number of rotatable bonds is 5. The van der Waals surface area contributed by atoms with Crippen LogP contribution >= 0.6 is 0 Å². The summed E-state index contributed by atoms with van der Waals surface area (Å²) in [6.07, 6.45) is 0.208. The fourth-order valence-electron chi connectivity index (χ4n) is 2.34. The number of aliphatic carboxylic acids is 1. The SMILES string of the molecule is Cc1ccc(C(=O)NCC(=O)NC2(C(=O)O)CCOC2)cc1C. The van der Waals surface area contributed by atoms with Crippen LogP contribution < -0.4 is 10.6 Å². The predicted molar refractivity (Wildman–Crippen MR) is 82.2 cm³/mol. The van der Waals surface area contributed by atoms with Gasteiger partial charge in [0, 0.05) is 18.6 Å². The van der Waals surface area contributed by atoms with Crippen molar-refractivity contribution in [3.8, 4) is 0 Å². The second-order valence-electron chi connectivity index (χ2n) is 5.72. The van der Waals surface area contributed by atoms with Crippen LogP contribution in [0.3, 0.4) is 0 Å². The summed E-state index contributed by atoms with van der Waals surface area (Å²) < 4.78 is 5.06. The van der Waals surface area contributed by atoms with Crippen LogP contribution in [0.1, 0.15) is 27.9 Å². The second kappa shape index (κ2) is 6.78. The van der Waals surface area contributed by atoms with Gasteiger partial charge in [-0.25, -0.2) is 4.79 Å². The highest BCUT2D eigenvalue weighted by molar-refractivity contribution is 5.97. The normalized spacial score (nSPS) is 20.1. The molecule has 1 heterocycles. The fourth-order valence-corrected chi connectivity index (χ4v) is 2.34. The number of carbonyl (C=O) groups is 3. The topological polar surface area (TPSA) is 105 Å². The number of amides is 2. The average molecular weight is 320 g/mol. The van der Waals surface area contributed by atoms with Crippen molar-refractivity contribution in [3.63, 3.8) is 0 Å². The van der Waals surface area contributed by atoms with Gasteiger partial charge in [0.2, 0.25) is 5.91 Å². The summed E-state index contributed by atoms with van der Waals surface area (Å²) in [4.78, 5) is 35.3. The number of benzene rings is 1. The number of hydrogen-bond acceptors (Lipinski definition) is 4. The maximum Gasteiger partial charge on any atom is 0.331 e. The lowest BCUT2D eigenvalue weighted by molar-refractivity contribution is -0.147. The summed E-state index contributed by atoms with van der Waals surface area (Å²) in [7, 11) is 0. The third-order valence-electron chi connectivity index (χ3n) is 3.99. The fraction of sp³-hybridized carbons (Fsp3) is 0.438. The van der Waals surface area contributed by atoms with Gasteiger partial charge in [-0.05, 0) is 37.1 Å². The van der Waals surface area contributed by atoms with Gasteiger partial charge >= 0.3 is 5.97 Å². The zero-order chi connectivity index (χ0) is 17.0. The van der Waals surface area contributed by atoms with E-state index in [9.17, 15) is 19.5 Å². The third kappa shape index (κ3) is 3.87. The van der Waals surface area contributed by atoms with Crippen molar-refractivity contribution in [1.29, 1.82) is 0 Å². The van der Waals surface area contributed by atoms with Crippen molar-refractivity contribution in [2.75, 3.05) is 19.8 Å². The van der Waals surface area contributed by atoms with Gasteiger partial charge in [-0.2, -0.15) is 0 Å². The van der Waals surface area contributed by atoms with Crippen LogP contribution in [-0.2, 0) is 14.3 Å². The Hall–Kier alpha value is -2.41. The lowest BCUT2D eigenvalue weighted by Crippen LogP contribution is -2.57. The number of ether oxygens (including phenoxy) is 1. The standard InChI is InChI=1S/C16H20N2O5/c1-10-3-4-12(7-11(10)2)14(20)17-8-13(19)18-16(15(21)22)5-6-23-9-16/h3-4,7H,5-6,8-9H2,1-2H3,(H,17,20)(H,18,19)(H,21,22). The molecular weight excluding hydrogens is 300 g/mol. The van der Waals surface area contributed by atoms with Gasteiger partial charge in [0.15, 0.2) is 5.54 Å². The molecule has 1 aromatic carbocycles. The van der Waals surface area contributed by atoms with Gasteiger partial charge in [-0.3, -0.25) is 9.59 Å². The van der Waals surface area contributed by atoms with E-state index >= 15 is 0 Å². The molecule has 1 fully saturated rings. The molecule has 0 bridgehead atoms. The molecular formula is C16H20N2O5. The highest BCUT2D eigenvalue weighted by atomic mass is 16.5. The molecule has 2 rings (SSSR count). The van der Waals surface area contributed by atoms with Crippen molar-refractivity contribution < 1.29 is 24.2 Å². The summed E-state index contributed by atoms with van der Waals surface area (Å²) in [5, 5.41) is 14.2. The summed E-state index contributed by atoms with van der Waals surface area (Å²) in [6, 6.07) is 5.25. The molecule has 124 valence electrons. The van der Waals surface area contributed by atoms with E-state index < -0.39 is 17.4 Å². The Balaban J connectivity index is 1.92. The van der Waals surface area contributed by atoms with E-state index in [0.717, 1.165) is 11.1 Å². The minimum absolute atomic E-state index is 0.0703. The quantitative estimate of drug-likeness (QED) is 0.728. The third-order valence-corrected chi connectivity index (χ3v) is 3.99. The van der Waals surface area contributed by atoms with Crippen molar-refractivity contribution in [2.45, 2.75) is 25.8 Å². The minimum atomic E-state index is -1.40. The molecule has 0 aromatic heterocycles. The Kier molecular flexibility index (Phi) is 5.00. The van der Waals surface area contributed by atoms with E-state index in [1.54, 1.807) is 12.1 Å². The first-order chi connectivity index (χ1) is 10.8. The summed E-state index contributed by atoms with van der Waals surface area (Å²) in [5.74, 6) is -2.07. The molecule has 1 aromatic rings. The van der Waals surface area contributed by atoms with Crippen molar-refractivity contribution >= 4 is 17.8 Å². The first kappa shape index (κ1) is 17.0. The Morgan fingerprint density at radius 1 is 1.26 bits per heavy atom. The van der Waals surface area contributed by atoms with Crippen molar-refractivity contribution in [2.24, 2.45) is 0 Å². The van der Waals surface area contributed by atoms with E-state index in [-0.39, 0.29) is 32.1 Å². The molecule has 1 aliphatic heterocycles. The Labute approximate surface area is 134 Å². The molecule has 2 amide bonds. The zero-order valence-corrected chi connectivity index (χ0v) is 13.1. The van der Waals surface area contributed by atoms with E-state index in [2.05, 4.69) is 10.6 Å². The molecule has 0 spiro atoms. The molecule has 1 saturated heterocycles. The molecule has 3 N–H and O–H groups in total. The molecule has 0 aliphatic carbocycles. The van der Waals surface area contributed by atoms with Gasteiger partial charge in [-0.15, -0.1) is 0 Å². The average Bonchev–Trinajstić information content (AvgIpc) is 2.97. The maximum absolute atomic E-state index is 12.0. The zero-order valence-electron chi connectivity index (χ0n) is 13.1. The number of aryl methyl sites for hydroxylation is 2. The van der Waals surface area contributed by atoms with Crippen LogP contribution in [0.2, 0.25) is 0 Å². The molecule has 0 saturated carbocycles. The number of carboxylic acids is 1. The second-order valence-corrected chi connectivity index (χ2v) is 5.72. The van der Waals surface area contributed by atoms with E-state index in [1.165, 1.54) is 0 Å². The molecule has 1 unspecified atom stereocenters. The van der Waals surface area contributed by atoms with Crippen LogP contribution in [-0.4, -0.2) is 48.2 Å². The van der Waals surface area contributed by atoms with Crippen LogP contribution in [0.25, 0.3) is 0 Å². The first-order valence-corrected chi connectivity index (χ1v) is 7.32. The van der Waals surface area contributed by atoms with Crippen LogP contribution in [0, 0.1) is 13.8 Å². The van der Waals surface area contributed by atoms with Gasteiger partial charge in [0.25, 0.3) is 5.91 Å². The summed E-state index contributed by atoms with van der Waals surface area (Å²) >= 11 is 0. The number of hydrogen-bond donors (Lipinski definition) is 3. The van der Waals surface area contributed by atoms with Crippen molar-refractivity contribution in [3.05, 3.63) is 34.9 Å². The highest BCUT2D eigenvalue weighted by Crippen LogP contribution is 2.18. The van der Waals surface area contributed by atoms with Crippen LogP contribution in [0.15, 0.2) is 18.2 Å². The molecule has 1 atom stereocenters. The summed E-state index contributed by atoms with van der Waals surface area (Å²) in [6.45, 7) is 3.76. The number of nitrogens with one attached hydrogen (secondary N) is 2. The van der Waals surface area contributed by atoms with E-state index in [1.807, 2.05) is 19.9 Å². The van der Waals surface area contributed by atoms with Gasteiger partial charge in [-0.1, -0.05) is 6.07 Å². The molecule has 0 radical (unpaired) electrons. The smallest absolute Gasteiger partial charge is 0.331 e. The molecule has 7 heteroatoms. The largest absolute Gasteiger partial charge is 0.479 e. The highest BCUT2D eigenvalue weighted by Gasteiger charge is 2.43. The monoisotopic (exact) mass is 320 g/mol. The lowest BCUT2D eigenvalue weighted by Gasteiger charge is -2.23. The van der Waals surface area contributed by atoms with Gasteiger partial charge in [0.1, 0.15) is 0 Å². The lowest BCUT2D eigenvalue weighted by atomic mass is 9.99. The molecule has 7 nitrogen and oxygen atoms in total. The molecule has 1 aliphatic rings. The van der Waals surface area contributed by atoms with Gasteiger partial charge in [0.05, 0.1) is 13.2 Å². The summed E-state index contributed by atoms with van der Waals surface area (Å²) in [5.41, 5.74) is 1.11. The Bertz CT molecular complexity index is 635.